The summed E-state index contributed by atoms with van der Waals surface area (Å²) < 4.78 is 5.24. The molecule has 0 aromatic rings. The molecule has 0 heterocycles. The fourth-order valence-electron chi connectivity index (χ4n) is 1.45. The van der Waals surface area contributed by atoms with E-state index in [0.29, 0.717) is 12.8 Å². The van der Waals surface area contributed by atoms with Crippen molar-refractivity contribution in [3.63, 3.8) is 0 Å². The van der Waals surface area contributed by atoms with Crippen molar-refractivity contribution in [2.24, 2.45) is 0 Å². The molecule has 106 valence electrons. The number of amides is 1. The molecule has 0 radical (unpaired) electrons. The number of carbonyl (C=O) groups excluding carboxylic acids is 1. The van der Waals surface area contributed by atoms with Gasteiger partial charge in [0.05, 0.1) is 12.6 Å². The summed E-state index contributed by atoms with van der Waals surface area (Å²) in [6, 6.07) is 0. The van der Waals surface area contributed by atoms with E-state index in [4.69, 9.17) is 9.62 Å². The largest absolute Gasteiger partial charge is 0.444 e. The quantitative estimate of drug-likeness (QED) is 0.434. The Morgan fingerprint density at radius 1 is 1.39 bits per heavy atom. The number of hydrogen-bond acceptors (Lipinski definition) is 4. The van der Waals surface area contributed by atoms with Crippen LogP contribution in [0.1, 0.15) is 40.5 Å². The maximum absolute atomic E-state index is 11.8. The summed E-state index contributed by atoms with van der Waals surface area (Å²) in [6.45, 7) is 11.4. The molecule has 0 bridgehead atoms. The van der Waals surface area contributed by atoms with Gasteiger partial charge in [-0.15, -0.1) is 6.58 Å². The van der Waals surface area contributed by atoms with Crippen LogP contribution in [-0.4, -0.2) is 30.9 Å². The first-order valence-electron chi connectivity index (χ1n) is 6.06. The Bertz CT molecular complexity index is 273. The zero-order valence-electron chi connectivity index (χ0n) is 12.0. The molecule has 0 saturated carbocycles. The van der Waals surface area contributed by atoms with E-state index in [-0.39, 0.29) is 6.61 Å². The summed E-state index contributed by atoms with van der Waals surface area (Å²) in [7, 11) is 1.43. The third-order valence-electron chi connectivity index (χ3n) is 2.43. The molecule has 0 aliphatic heterocycles. The first-order valence-corrected chi connectivity index (χ1v) is 6.06. The first kappa shape index (κ1) is 16.9. The molecule has 0 fully saturated rings. The van der Waals surface area contributed by atoms with Gasteiger partial charge in [-0.25, -0.2) is 14.6 Å². The molecule has 1 N–H and O–H groups in total. The minimum absolute atomic E-state index is 0.241. The fraction of sp³-hybridized carbons (Fsp3) is 0.769. The fourth-order valence-corrected chi connectivity index (χ4v) is 1.45. The van der Waals surface area contributed by atoms with Gasteiger partial charge in [0.1, 0.15) is 12.2 Å². The van der Waals surface area contributed by atoms with Crippen molar-refractivity contribution >= 4 is 6.09 Å². The highest BCUT2D eigenvalue weighted by atomic mass is 17.2. The zero-order chi connectivity index (χ0) is 14.2. The number of ether oxygens (including phenoxy) is 1. The molecule has 5 nitrogen and oxygen atoms in total. The maximum Gasteiger partial charge on any atom is 0.408 e. The number of alkyl carbamates (subject to hydrolysis) is 1. The summed E-state index contributed by atoms with van der Waals surface area (Å²) in [4.78, 5) is 21.4. The van der Waals surface area contributed by atoms with Gasteiger partial charge >= 0.3 is 6.09 Å². The van der Waals surface area contributed by atoms with Crippen LogP contribution in [0.15, 0.2) is 12.7 Å². The summed E-state index contributed by atoms with van der Waals surface area (Å²) in [5.74, 6) is 0. The van der Waals surface area contributed by atoms with Gasteiger partial charge in [-0.05, 0) is 33.6 Å². The van der Waals surface area contributed by atoms with Crippen molar-refractivity contribution in [3.05, 3.63) is 12.7 Å². The van der Waals surface area contributed by atoms with E-state index in [2.05, 4.69) is 16.8 Å². The minimum atomic E-state index is -0.555. The topological polar surface area (TPSA) is 56.8 Å². The van der Waals surface area contributed by atoms with Gasteiger partial charge < -0.3 is 10.1 Å². The highest BCUT2D eigenvalue weighted by Crippen LogP contribution is 2.18. The van der Waals surface area contributed by atoms with Gasteiger partial charge in [0.25, 0.3) is 0 Å². The summed E-state index contributed by atoms with van der Waals surface area (Å²) in [5.41, 5.74) is -1.08. The van der Waals surface area contributed by atoms with E-state index in [9.17, 15) is 4.79 Å². The van der Waals surface area contributed by atoms with Crippen LogP contribution in [0.3, 0.4) is 0 Å². The number of carbonyl (C=O) groups is 1. The van der Waals surface area contributed by atoms with Crippen molar-refractivity contribution in [2.45, 2.75) is 51.7 Å². The van der Waals surface area contributed by atoms with Gasteiger partial charge in [-0.3, -0.25) is 0 Å². The molecular formula is C13H25NO4. The number of nitrogens with one attached hydrogen (secondary N) is 1. The van der Waals surface area contributed by atoms with Gasteiger partial charge in [-0.2, -0.15) is 0 Å². The average molecular weight is 259 g/mol. The van der Waals surface area contributed by atoms with Crippen molar-refractivity contribution in [1.29, 1.82) is 0 Å². The molecule has 1 amide bonds. The van der Waals surface area contributed by atoms with Crippen LogP contribution >= 0.6 is 0 Å². The van der Waals surface area contributed by atoms with Gasteiger partial charge in [0.15, 0.2) is 0 Å². The Morgan fingerprint density at radius 3 is 2.39 bits per heavy atom. The van der Waals surface area contributed by atoms with Crippen LogP contribution in [0, 0.1) is 0 Å². The molecule has 1 unspecified atom stereocenters. The molecule has 0 spiro atoms. The predicted molar refractivity (Wildman–Crippen MR) is 70.2 cm³/mol. The first-order chi connectivity index (χ1) is 8.28. The monoisotopic (exact) mass is 259 g/mol. The Balaban J connectivity index is 4.65. The second-order valence-corrected chi connectivity index (χ2v) is 5.18. The molecule has 0 rings (SSSR count). The molecule has 1 atom stereocenters. The summed E-state index contributed by atoms with van der Waals surface area (Å²) >= 11 is 0. The molecule has 0 aliphatic rings. The van der Waals surface area contributed by atoms with E-state index in [1.165, 1.54) is 7.11 Å². The van der Waals surface area contributed by atoms with E-state index in [1.807, 2.05) is 27.7 Å². The Labute approximate surface area is 109 Å². The predicted octanol–water partition coefficient (Wildman–Crippen LogP) is 2.81. The van der Waals surface area contributed by atoms with Gasteiger partial charge in [-0.1, -0.05) is 13.0 Å². The highest BCUT2D eigenvalue weighted by Gasteiger charge is 2.31. The van der Waals surface area contributed by atoms with E-state index >= 15 is 0 Å². The lowest BCUT2D eigenvalue weighted by Gasteiger charge is -2.33. The molecule has 0 aromatic carbocycles. The van der Waals surface area contributed by atoms with Gasteiger partial charge in [0, 0.05) is 0 Å². The smallest absolute Gasteiger partial charge is 0.408 e. The maximum atomic E-state index is 11.8. The van der Waals surface area contributed by atoms with Crippen LogP contribution in [0.4, 0.5) is 4.79 Å². The lowest BCUT2D eigenvalue weighted by molar-refractivity contribution is -0.283. The van der Waals surface area contributed by atoms with Crippen LogP contribution in [0.25, 0.3) is 0 Å². The molecule has 5 heteroatoms. The van der Waals surface area contributed by atoms with Crippen molar-refractivity contribution < 1.29 is 19.3 Å². The summed E-state index contributed by atoms with van der Waals surface area (Å²) in [5, 5.41) is 2.84. The van der Waals surface area contributed by atoms with Crippen LogP contribution in [0.2, 0.25) is 0 Å². The lowest BCUT2D eigenvalue weighted by atomic mass is 9.93. The Kier molecular flexibility index (Phi) is 6.94. The Morgan fingerprint density at radius 2 is 2.00 bits per heavy atom. The van der Waals surface area contributed by atoms with E-state index in [1.54, 1.807) is 6.08 Å². The molecule has 0 aliphatic carbocycles. The van der Waals surface area contributed by atoms with Crippen LogP contribution in [-0.2, 0) is 14.5 Å². The third-order valence-corrected chi connectivity index (χ3v) is 2.43. The molecule has 0 aromatic heterocycles. The second kappa shape index (κ2) is 7.38. The molecule has 18 heavy (non-hydrogen) atoms. The van der Waals surface area contributed by atoms with Crippen molar-refractivity contribution in [3.8, 4) is 0 Å². The van der Waals surface area contributed by atoms with E-state index in [0.717, 1.165) is 0 Å². The zero-order valence-corrected chi connectivity index (χ0v) is 12.0. The standard InChI is InChI=1S/C13H25NO4/c1-7-9-13(8-2,10-17-16-6)14-11(15)18-12(3,4)5/h7H,1,8-10H2,2-6H3,(H,14,15). The van der Waals surface area contributed by atoms with E-state index < -0.39 is 17.2 Å². The molecular weight excluding hydrogens is 234 g/mol. The van der Waals surface area contributed by atoms with Crippen molar-refractivity contribution in [2.75, 3.05) is 13.7 Å². The van der Waals surface area contributed by atoms with Crippen molar-refractivity contribution in [1.82, 2.24) is 5.32 Å². The average Bonchev–Trinajstić information content (AvgIpc) is 2.23. The number of rotatable bonds is 7. The number of hydrogen-bond donors (Lipinski definition) is 1. The summed E-state index contributed by atoms with van der Waals surface area (Å²) in [6.07, 6.45) is 2.53. The van der Waals surface area contributed by atoms with Crippen LogP contribution < -0.4 is 5.32 Å². The SMILES string of the molecule is C=CCC(CC)(COOC)NC(=O)OC(C)(C)C. The minimum Gasteiger partial charge on any atom is -0.444 e. The second-order valence-electron chi connectivity index (χ2n) is 5.18. The third kappa shape index (κ3) is 6.61. The van der Waals surface area contributed by atoms with Gasteiger partial charge in [0.2, 0.25) is 0 Å². The lowest BCUT2D eigenvalue weighted by Crippen LogP contribution is -2.52. The normalized spacial score (nSPS) is 14.7. The Hall–Kier alpha value is -1.07. The van der Waals surface area contributed by atoms with Crippen LogP contribution in [0.5, 0.6) is 0 Å². The molecule has 0 saturated heterocycles. The highest BCUT2D eigenvalue weighted by molar-refractivity contribution is 5.68.